The van der Waals surface area contributed by atoms with Gasteiger partial charge in [-0.05, 0) is 49.3 Å². The number of aryl methyl sites for hydroxylation is 1. The van der Waals surface area contributed by atoms with Crippen molar-refractivity contribution in [2.24, 2.45) is 5.41 Å². The molecule has 21 heavy (non-hydrogen) atoms. The molecule has 0 aliphatic heterocycles. The molecule has 1 aromatic carbocycles. The molecule has 1 saturated carbocycles. The highest BCUT2D eigenvalue weighted by Crippen LogP contribution is 2.41. The van der Waals surface area contributed by atoms with Gasteiger partial charge in [-0.3, -0.25) is 0 Å². The molecule has 114 valence electrons. The summed E-state index contributed by atoms with van der Waals surface area (Å²) in [4.78, 5) is 4.81. The third-order valence-corrected chi connectivity index (χ3v) is 5.40. The van der Waals surface area contributed by atoms with Crippen molar-refractivity contribution in [1.29, 1.82) is 0 Å². The van der Waals surface area contributed by atoms with Gasteiger partial charge < -0.3 is 4.57 Å². The number of benzene rings is 1. The number of rotatable bonds is 3. The average molecular weight is 370 g/mol. The highest BCUT2D eigenvalue weighted by molar-refractivity contribution is 9.10. The van der Waals surface area contributed by atoms with Crippen molar-refractivity contribution in [2.45, 2.75) is 52.0 Å². The van der Waals surface area contributed by atoms with E-state index < -0.39 is 0 Å². The predicted molar refractivity (Wildman–Crippen MR) is 93.1 cm³/mol. The third kappa shape index (κ3) is 3.14. The van der Waals surface area contributed by atoms with E-state index in [1.165, 1.54) is 31.2 Å². The van der Waals surface area contributed by atoms with Crippen molar-refractivity contribution in [3.63, 3.8) is 0 Å². The summed E-state index contributed by atoms with van der Waals surface area (Å²) in [7, 11) is 0. The molecule has 0 spiro atoms. The van der Waals surface area contributed by atoms with Crippen LogP contribution in [0.5, 0.6) is 0 Å². The van der Waals surface area contributed by atoms with Crippen LogP contribution in [-0.4, -0.2) is 15.4 Å². The lowest BCUT2D eigenvalue weighted by atomic mass is 9.75. The lowest BCUT2D eigenvalue weighted by Crippen LogP contribution is -2.24. The van der Waals surface area contributed by atoms with Crippen LogP contribution in [0, 0.1) is 5.41 Å². The van der Waals surface area contributed by atoms with E-state index in [9.17, 15) is 0 Å². The van der Waals surface area contributed by atoms with Gasteiger partial charge in [-0.25, -0.2) is 4.98 Å². The van der Waals surface area contributed by atoms with Crippen molar-refractivity contribution < 1.29 is 0 Å². The first-order chi connectivity index (χ1) is 10.00. The van der Waals surface area contributed by atoms with Gasteiger partial charge in [-0.1, -0.05) is 29.8 Å². The normalized spacial score (nSPS) is 19.2. The average Bonchev–Trinajstić information content (AvgIpc) is 2.77. The number of nitrogens with zero attached hydrogens (tertiary/aromatic N) is 2. The fourth-order valence-corrected chi connectivity index (χ4v) is 3.94. The summed E-state index contributed by atoms with van der Waals surface area (Å²) >= 11 is 9.58. The van der Waals surface area contributed by atoms with Crippen molar-refractivity contribution in [2.75, 3.05) is 5.88 Å². The molecule has 0 bridgehead atoms. The maximum absolute atomic E-state index is 5.99. The Morgan fingerprint density at radius 3 is 2.71 bits per heavy atom. The summed E-state index contributed by atoms with van der Waals surface area (Å²) in [5, 5.41) is 0. The van der Waals surface area contributed by atoms with Crippen molar-refractivity contribution in [3.8, 4) is 0 Å². The van der Waals surface area contributed by atoms with E-state index in [0.29, 0.717) is 17.3 Å². The molecule has 4 heteroatoms. The molecule has 0 N–H and O–H groups in total. The Morgan fingerprint density at radius 1 is 1.33 bits per heavy atom. The summed E-state index contributed by atoms with van der Waals surface area (Å²) in [6.07, 6.45) is 5.88. The molecule has 0 radical (unpaired) electrons. The van der Waals surface area contributed by atoms with Crippen molar-refractivity contribution >= 4 is 38.6 Å². The molecule has 1 aliphatic carbocycles. The van der Waals surface area contributed by atoms with Crippen LogP contribution in [0.25, 0.3) is 11.0 Å². The van der Waals surface area contributed by atoms with E-state index in [2.05, 4.69) is 52.5 Å². The lowest BCUT2D eigenvalue weighted by molar-refractivity contribution is 0.194. The molecule has 1 aliphatic rings. The number of fused-ring (bicyclic) bond motifs is 1. The molecule has 2 nitrogen and oxygen atoms in total. The fourth-order valence-electron chi connectivity index (χ4n) is 3.43. The van der Waals surface area contributed by atoms with Crippen LogP contribution in [0.4, 0.5) is 0 Å². The SMILES string of the molecule is CC1(C)CCC(n2c(CCCl)nc3ccc(Br)cc32)CC1. The van der Waals surface area contributed by atoms with Gasteiger partial charge in [0.1, 0.15) is 5.82 Å². The molecule has 1 fully saturated rings. The maximum Gasteiger partial charge on any atom is 0.111 e. The van der Waals surface area contributed by atoms with E-state index in [0.717, 1.165) is 22.2 Å². The smallest absolute Gasteiger partial charge is 0.111 e. The second kappa shape index (κ2) is 5.92. The molecule has 0 unspecified atom stereocenters. The van der Waals surface area contributed by atoms with Gasteiger partial charge in [-0.2, -0.15) is 0 Å². The van der Waals surface area contributed by atoms with Gasteiger partial charge in [0.05, 0.1) is 11.0 Å². The number of halogens is 2. The van der Waals surface area contributed by atoms with Crippen LogP contribution < -0.4 is 0 Å². The summed E-state index contributed by atoms with van der Waals surface area (Å²) in [6, 6.07) is 6.92. The second-order valence-electron chi connectivity index (χ2n) is 6.87. The molecular weight excluding hydrogens is 348 g/mol. The van der Waals surface area contributed by atoms with Crippen LogP contribution in [0.15, 0.2) is 22.7 Å². The number of hydrogen-bond acceptors (Lipinski definition) is 1. The molecule has 0 atom stereocenters. The van der Waals surface area contributed by atoms with Crippen LogP contribution in [0.1, 0.15) is 51.4 Å². The van der Waals surface area contributed by atoms with Gasteiger partial charge in [-0.15, -0.1) is 11.6 Å². The van der Waals surface area contributed by atoms with Crippen molar-refractivity contribution in [3.05, 3.63) is 28.5 Å². The van der Waals surface area contributed by atoms with Gasteiger partial charge in [0, 0.05) is 22.8 Å². The molecule has 1 heterocycles. The van der Waals surface area contributed by atoms with Crippen molar-refractivity contribution in [1.82, 2.24) is 9.55 Å². The number of alkyl halides is 1. The van der Waals surface area contributed by atoms with E-state index in [-0.39, 0.29) is 0 Å². The minimum atomic E-state index is 0.486. The lowest BCUT2D eigenvalue weighted by Gasteiger charge is -2.35. The number of hydrogen-bond donors (Lipinski definition) is 0. The van der Waals surface area contributed by atoms with Crippen LogP contribution in [0.3, 0.4) is 0 Å². The van der Waals surface area contributed by atoms with Gasteiger partial charge in [0.2, 0.25) is 0 Å². The molecule has 2 aromatic rings. The standard InChI is InChI=1S/C17H22BrClN2/c1-17(2)8-5-13(6-9-17)21-15-11-12(18)3-4-14(15)20-16(21)7-10-19/h3-4,11,13H,5-10H2,1-2H3. The first-order valence-electron chi connectivity index (χ1n) is 7.72. The first kappa shape index (κ1) is 15.4. The molecule has 0 amide bonds. The minimum absolute atomic E-state index is 0.486. The fraction of sp³-hybridized carbons (Fsp3) is 0.588. The Bertz CT molecular complexity index is 638. The summed E-state index contributed by atoms with van der Waals surface area (Å²) in [5.74, 6) is 1.77. The zero-order chi connectivity index (χ0) is 15.0. The molecule has 0 saturated heterocycles. The molecular formula is C17H22BrClN2. The predicted octanol–water partition coefficient (Wildman–Crippen LogP) is 5.72. The van der Waals surface area contributed by atoms with Crippen LogP contribution in [0.2, 0.25) is 0 Å². The number of aromatic nitrogens is 2. The van der Waals surface area contributed by atoms with E-state index in [4.69, 9.17) is 16.6 Å². The Balaban J connectivity index is 2.02. The highest BCUT2D eigenvalue weighted by Gasteiger charge is 2.29. The summed E-state index contributed by atoms with van der Waals surface area (Å²) < 4.78 is 3.57. The maximum atomic E-state index is 5.99. The second-order valence-corrected chi connectivity index (χ2v) is 8.16. The summed E-state index contributed by atoms with van der Waals surface area (Å²) in [5.41, 5.74) is 2.82. The zero-order valence-corrected chi connectivity index (χ0v) is 15.0. The Hall–Kier alpha value is -0.540. The minimum Gasteiger partial charge on any atom is -0.325 e. The van der Waals surface area contributed by atoms with E-state index in [1.807, 2.05) is 0 Å². The molecule has 3 rings (SSSR count). The largest absolute Gasteiger partial charge is 0.325 e. The molecule has 1 aromatic heterocycles. The van der Waals surface area contributed by atoms with E-state index >= 15 is 0 Å². The Labute approximate surface area is 140 Å². The monoisotopic (exact) mass is 368 g/mol. The van der Waals surface area contributed by atoms with E-state index in [1.54, 1.807) is 0 Å². The quantitative estimate of drug-likeness (QED) is 0.632. The topological polar surface area (TPSA) is 17.8 Å². The van der Waals surface area contributed by atoms with Crippen LogP contribution in [-0.2, 0) is 6.42 Å². The highest BCUT2D eigenvalue weighted by atomic mass is 79.9. The summed E-state index contributed by atoms with van der Waals surface area (Å²) in [6.45, 7) is 4.76. The Morgan fingerprint density at radius 2 is 2.05 bits per heavy atom. The van der Waals surface area contributed by atoms with Gasteiger partial charge >= 0.3 is 0 Å². The van der Waals surface area contributed by atoms with Crippen LogP contribution >= 0.6 is 27.5 Å². The Kier molecular flexibility index (Phi) is 4.33. The number of imidazole rings is 1. The zero-order valence-electron chi connectivity index (χ0n) is 12.7. The van der Waals surface area contributed by atoms with Gasteiger partial charge in [0.15, 0.2) is 0 Å². The first-order valence-corrected chi connectivity index (χ1v) is 9.05. The third-order valence-electron chi connectivity index (χ3n) is 4.72. The van der Waals surface area contributed by atoms with Gasteiger partial charge in [0.25, 0.3) is 0 Å².